The molecule has 1 heterocycles. The second-order valence-electron chi connectivity index (χ2n) is 7.83. The normalized spacial score (nSPS) is 15.0. The fourth-order valence-electron chi connectivity index (χ4n) is 3.01. The van der Waals surface area contributed by atoms with Crippen molar-refractivity contribution in [3.8, 4) is 5.75 Å². The summed E-state index contributed by atoms with van der Waals surface area (Å²) in [5.41, 5.74) is 2.32. The number of benzene rings is 1. The predicted octanol–water partition coefficient (Wildman–Crippen LogP) is 2.97. The van der Waals surface area contributed by atoms with Gasteiger partial charge in [0.1, 0.15) is 5.75 Å². The molecule has 0 unspecified atom stereocenters. The number of amides is 3. The first-order valence-electron chi connectivity index (χ1n) is 9.22. The Morgan fingerprint density at radius 2 is 1.62 bits per heavy atom. The number of urea groups is 1. The van der Waals surface area contributed by atoms with Gasteiger partial charge in [-0.15, -0.1) is 0 Å². The van der Waals surface area contributed by atoms with Crippen LogP contribution in [0.15, 0.2) is 12.1 Å². The van der Waals surface area contributed by atoms with Crippen molar-refractivity contribution in [3.63, 3.8) is 0 Å². The monoisotopic (exact) mass is 361 g/mol. The van der Waals surface area contributed by atoms with Crippen LogP contribution in [0.5, 0.6) is 5.75 Å². The van der Waals surface area contributed by atoms with Crippen LogP contribution < -0.4 is 10.1 Å². The standard InChI is InChI=1S/C20H31N3O3/c1-7-26-17-13-14(2)16(12-15(17)3)18(24)22-8-10-23(11-9-22)19(25)21-20(4,5)6/h12-13H,7-11H2,1-6H3,(H,21,25). The first-order valence-corrected chi connectivity index (χ1v) is 9.22. The molecule has 0 aliphatic carbocycles. The minimum Gasteiger partial charge on any atom is -0.494 e. The van der Waals surface area contributed by atoms with E-state index in [-0.39, 0.29) is 17.5 Å². The van der Waals surface area contributed by atoms with Gasteiger partial charge >= 0.3 is 6.03 Å². The lowest BCUT2D eigenvalue weighted by molar-refractivity contribution is 0.0660. The molecular formula is C20H31N3O3. The lowest BCUT2D eigenvalue weighted by Gasteiger charge is -2.36. The Bertz CT molecular complexity index is 672. The summed E-state index contributed by atoms with van der Waals surface area (Å²) in [6.45, 7) is 14.5. The number of rotatable bonds is 3. The molecule has 26 heavy (non-hydrogen) atoms. The van der Waals surface area contributed by atoms with Crippen molar-refractivity contribution in [2.75, 3.05) is 32.8 Å². The van der Waals surface area contributed by atoms with E-state index in [4.69, 9.17) is 4.74 Å². The van der Waals surface area contributed by atoms with Crippen molar-refractivity contribution in [2.24, 2.45) is 0 Å². The van der Waals surface area contributed by atoms with Crippen molar-refractivity contribution < 1.29 is 14.3 Å². The highest BCUT2D eigenvalue weighted by molar-refractivity contribution is 5.96. The summed E-state index contributed by atoms with van der Waals surface area (Å²) >= 11 is 0. The van der Waals surface area contributed by atoms with Gasteiger partial charge in [0.05, 0.1) is 6.61 Å². The maximum absolute atomic E-state index is 12.9. The van der Waals surface area contributed by atoms with Crippen LogP contribution in [0, 0.1) is 13.8 Å². The van der Waals surface area contributed by atoms with Gasteiger partial charge in [-0.3, -0.25) is 4.79 Å². The van der Waals surface area contributed by atoms with E-state index < -0.39 is 0 Å². The fraction of sp³-hybridized carbons (Fsp3) is 0.600. The molecule has 1 aromatic carbocycles. The minimum atomic E-state index is -0.263. The van der Waals surface area contributed by atoms with Crippen LogP contribution in [-0.2, 0) is 0 Å². The largest absolute Gasteiger partial charge is 0.494 e. The Labute approximate surface area is 156 Å². The molecule has 0 aromatic heterocycles. The van der Waals surface area contributed by atoms with Gasteiger partial charge in [0.15, 0.2) is 0 Å². The first kappa shape index (κ1) is 20.1. The van der Waals surface area contributed by atoms with E-state index in [1.165, 1.54) is 0 Å². The van der Waals surface area contributed by atoms with Gasteiger partial charge in [0.2, 0.25) is 0 Å². The van der Waals surface area contributed by atoms with Crippen LogP contribution in [-0.4, -0.2) is 60.1 Å². The molecule has 2 rings (SSSR count). The Kier molecular flexibility index (Phi) is 6.16. The number of nitrogens with zero attached hydrogens (tertiary/aromatic N) is 2. The molecule has 1 N–H and O–H groups in total. The van der Waals surface area contributed by atoms with Gasteiger partial charge < -0.3 is 19.9 Å². The number of carbonyl (C=O) groups is 2. The predicted molar refractivity (Wildman–Crippen MR) is 103 cm³/mol. The molecule has 1 aliphatic heterocycles. The highest BCUT2D eigenvalue weighted by Crippen LogP contribution is 2.24. The van der Waals surface area contributed by atoms with Crippen molar-refractivity contribution in [1.29, 1.82) is 0 Å². The molecule has 0 atom stereocenters. The van der Waals surface area contributed by atoms with Gasteiger partial charge in [-0.1, -0.05) is 0 Å². The van der Waals surface area contributed by atoms with Crippen LogP contribution in [0.1, 0.15) is 49.2 Å². The van der Waals surface area contributed by atoms with E-state index in [9.17, 15) is 9.59 Å². The van der Waals surface area contributed by atoms with Crippen LogP contribution >= 0.6 is 0 Å². The molecule has 6 nitrogen and oxygen atoms in total. The Balaban J connectivity index is 2.02. The summed E-state index contributed by atoms with van der Waals surface area (Å²) < 4.78 is 5.60. The van der Waals surface area contributed by atoms with Crippen molar-refractivity contribution >= 4 is 11.9 Å². The molecule has 144 valence electrons. The molecule has 0 radical (unpaired) electrons. The maximum Gasteiger partial charge on any atom is 0.317 e. The number of hydrogen-bond donors (Lipinski definition) is 1. The van der Waals surface area contributed by atoms with Crippen LogP contribution in [0.3, 0.4) is 0 Å². The second-order valence-corrected chi connectivity index (χ2v) is 7.83. The van der Waals surface area contributed by atoms with E-state index >= 15 is 0 Å². The zero-order valence-electron chi connectivity index (χ0n) is 16.8. The molecule has 1 fully saturated rings. The number of piperazine rings is 1. The molecule has 1 saturated heterocycles. The van der Waals surface area contributed by atoms with Crippen LogP contribution in [0.4, 0.5) is 4.79 Å². The number of aryl methyl sites for hydroxylation is 2. The van der Waals surface area contributed by atoms with Crippen LogP contribution in [0.2, 0.25) is 0 Å². The minimum absolute atomic E-state index is 0.0181. The molecule has 1 aliphatic rings. The van der Waals surface area contributed by atoms with E-state index in [1.807, 2.05) is 58.6 Å². The molecule has 0 bridgehead atoms. The first-order chi connectivity index (χ1) is 12.1. The number of hydrogen-bond acceptors (Lipinski definition) is 3. The summed E-state index contributed by atoms with van der Waals surface area (Å²) in [5, 5.41) is 2.97. The molecule has 0 spiro atoms. The zero-order chi connectivity index (χ0) is 19.5. The van der Waals surface area contributed by atoms with Gasteiger partial charge in [-0.2, -0.15) is 0 Å². The van der Waals surface area contributed by atoms with E-state index in [0.717, 1.165) is 16.9 Å². The van der Waals surface area contributed by atoms with Crippen molar-refractivity contribution in [3.05, 3.63) is 28.8 Å². The van der Waals surface area contributed by atoms with Gasteiger partial charge in [0.25, 0.3) is 5.91 Å². The third-order valence-corrected chi connectivity index (χ3v) is 4.39. The number of ether oxygens (including phenoxy) is 1. The van der Waals surface area contributed by atoms with E-state index in [0.29, 0.717) is 38.3 Å². The summed E-state index contributed by atoms with van der Waals surface area (Å²) in [7, 11) is 0. The van der Waals surface area contributed by atoms with E-state index in [2.05, 4.69) is 5.32 Å². The number of nitrogens with one attached hydrogen (secondary N) is 1. The van der Waals surface area contributed by atoms with Crippen molar-refractivity contribution in [2.45, 2.75) is 47.1 Å². The molecule has 1 aromatic rings. The third kappa shape index (κ3) is 4.90. The third-order valence-electron chi connectivity index (χ3n) is 4.39. The van der Waals surface area contributed by atoms with Gasteiger partial charge in [0, 0.05) is 37.3 Å². The molecular weight excluding hydrogens is 330 g/mol. The Hall–Kier alpha value is -2.24. The lowest BCUT2D eigenvalue weighted by Crippen LogP contribution is -2.56. The maximum atomic E-state index is 12.9. The topological polar surface area (TPSA) is 61.9 Å². The summed E-state index contributed by atoms with van der Waals surface area (Å²) in [6.07, 6.45) is 0. The van der Waals surface area contributed by atoms with Crippen LogP contribution in [0.25, 0.3) is 0 Å². The smallest absolute Gasteiger partial charge is 0.317 e. The lowest BCUT2D eigenvalue weighted by atomic mass is 10.0. The average Bonchev–Trinajstić information content (AvgIpc) is 2.56. The quantitative estimate of drug-likeness (QED) is 0.900. The Morgan fingerprint density at radius 1 is 1.04 bits per heavy atom. The SMILES string of the molecule is CCOc1cc(C)c(C(=O)N2CCN(C(=O)NC(C)(C)C)CC2)cc1C. The van der Waals surface area contributed by atoms with Crippen molar-refractivity contribution in [1.82, 2.24) is 15.1 Å². The molecule has 6 heteroatoms. The summed E-state index contributed by atoms with van der Waals surface area (Å²) in [5.74, 6) is 0.842. The summed E-state index contributed by atoms with van der Waals surface area (Å²) in [4.78, 5) is 28.8. The van der Waals surface area contributed by atoms with Gasteiger partial charge in [-0.25, -0.2) is 4.79 Å². The van der Waals surface area contributed by atoms with Gasteiger partial charge in [-0.05, 0) is 64.8 Å². The average molecular weight is 361 g/mol. The Morgan fingerprint density at radius 3 is 2.15 bits per heavy atom. The highest BCUT2D eigenvalue weighted by atomic mass is 16.5. The zero-order valence-corrected chi connectivity index (χ0v) is 16.8. The second kappa shape index (κ2) is 7.98. The summed E-state index contributed by atoms with van der Waals surface area (Å²) in [6, 6.07) is 3.76. The van der Waals surface area contributed by atoms with E-state index in [1.54, 1.807) is 4.90 Å². The molecule has 3 amide bonds. The highest BCUT2D eigenvalue weighted by Gasteiger charge is 2.27. The fourth-order valence-corrected chi connectivity index (χ4v) is 3.01. The molecule has 0 saturated carbocycles. The number of carbonyl (C=O) groups excluding carboxylic acids is 2.